The Morgan fingerprint density at radius 2 is 1.71 bits per heavy atom. The summed E-state index contributed by atoms with van der Waals surface area (Å²) in [5, 5.41) is 10.6. The number of ether oxygens (including phenoxy) is 1. The van der Waals surface area contributed by atoms with Crippen molar-refractivity contribution in [1.29, 1.82) is 0 Å². The van der Waals surface area contributed by atoms with Gasteiger partial charge in [-0.05, 0) is 92.3 Å². The summed E-state index contributed by atoms with van der Waals surface area (Å²) >= 11 is 0. The highest BCUT2D eigenvalue weighted by atomic mass is 16.5. The summed E-state index contributed by atoms with van der Waals surface area (Å²) in [6.07, 6.45) is 16.7. The molecule has 134 valence electrons. The average Bonchev–Trinajstić information content (AvgIpc) is 2.92. The van der Waals surface area contributed by atoms with E-state index in [4.69, 9.17) is 11.2 Å². The SMILES string of the molecule is C#CC1(O)CC[C@@]2(C)C(CC[C@@H]3[C@H]2CC[C@]2(C)C(OC)CC[C@@H]32)C1. The number of terminal acetylenes is 1. The van der Waals surface area contributed by atoms with Crippen molar-refractivity contribution in [2.75, 3.05) is 7.11 Å². The fourth-order valence-electron chi connectivity index (χ4n) is 7.72. The highest BCUT2D eigenvalue weighted by Gasteiger charge is 2.61. The first-order chi connectivity index (χ1) is 11.4. The Hall–Kier alpha value is -0.520. The largest absolute Gasteiger partial charge is 0.381 e. The molecule has 4 aliphatic rings. The van der Waals surface area contributed by atoms with Crippen molar-refractivity contribution in [1.82, 2.24) is 0 Å². The summed E-state index contributed by atoms with van der Waals surface area (Å²) in [4.78, 5) is 0. The van der Waals surface area contributed by atoms with Crippen LogP contribution in [0.15, 0.2) is 0 Å². The molecule has 0 radical (unpaired) electrons. The fraction of sp³-hybridized carbons (Fsp3) is 0.909. The van der Waals surface area contributed by atoms with Crippen LogP contribution in [0, 0.1) is 46.8 Å². The monoisotopic (exact) mass is 330 g/mol. The van der Waals surface area contributed by atoms with Gasteiger partial charge in [0.15, 0.2) is 0 Å². The van der Waals surface area contributed by atoms with Gasteiger partial charge < -0.3 is 9.84 Å². The maximum atomic E-state index is 10.6. The Morgan fingerprint density at radius 3 is 2.42 bits per heavy atom. The molecule has 4 aliphatic carbocycles. The Bertz CT molecular complexity index is 551. The lowest BCUT2D eigenvalue weighted by Crippen LogP contribution is -2.56. The van der Waals surface area contributed by atoms with Crippen LogP contribution in [-0.2, 0) is 4.74 Å². The molecule has 3 unspecified atom stereocenters. The minimum Gasteiger partial charge on any atom is -0.381 e. The van der Waals surface area contributed by atoms with Crippen molar-refractivity contribution in [3.05, 3.63) is 0 Å². The quantitative estimate of drug-likeness (QED) is 0.722. The van der Waals surface area contributed by atoms with Gasteiger partial charge in [0.1, 0.15) is 5.60 Å². The number of hydrogen-bond donors (Lipinski definition) is 1. The molecular formula is C22H34O2. The molecule has 2 heteroatoms. The average molecular weight is 331 g/mol. The minimum atomic E-state index is -0.839. The zero-order valence-corrected chi connectivity index (χ0v) is 15.7. The van der Waals surface area contributed by atoms with Crippen molar-refractivity contribution >= 4 is 0 Å². The summed E-state index contributed by atoms with van der Waals surface area (Å²) in [6, 6.07) is 0. The number of aliphatic hydroxyl groups is 1. The number of fused-ring (bicyclic) bond motifs is 5. The molecule has 0 saturated heterocycles. The standard InChI is InChI=1S/C22H34O2/c1-5-22(23)13-12-20(2)15(14-22)6-7-16-17-8-9-19(24-4)21(17,3)11-10-18(16)20/h1,15-19,23H,6-14H2,2-4H3/t15?,16-,17-,18+,19?,20-,21-,22?/m0/s1. The fourth-order valence-corrected chi connectivity index (χ4v) is 7.72. The van der Waals surface area contributed by atoms with Crippen LogP contribution >= 0.6 is 0 Å². The van der Waals surface area contributed by atoms with Crippen LogP contribution in [0.2, 0.25) is 0 Å². The molecule has 2 nitrogen and oxygen atoms in total. The predicted molar refractivity (Wildman–Crippen MR) is 96.3 cm³/mol. The molecular weight excluding hydrogens is 296 g/mol. The molecule has 0 aliphatic heterocycles. The Balaban J connectivity index is 1.60. The predicted octanol–water partition coefficient (Wildman–Crippen LogP) is 4.41. The van der Waals surface area contributed by atoms with Crippen LogP contribution in [-0.4, -0.2) is 23.9 Å². The summed E-state index contributed by atoms with van der Waals surface area (Å²) in [6.45, 7) is 5.03. The first-order valence-electron chi connectivity index (χ1n) is 10.1. The normalized spacial score (nSPS) is 56.7. The summed E-state index contributed by atoms with van der Waals surface area (Å²) in [5.74, 6) is 5.84. The third-order valence-electron chi connectivity index (χ3n) is 9.19. The van der Waals surface area contributed by atoms with Crippen molar-refractivity contribution in [3.63, 3.8) is 0 Å². The molecule has 0 bridgehead atoms. The molecule has 8 atom stereocenters. The zero-order valence-electron chi connectivity index (χ0n) is 15.7. The molecule has 0 spiro atoms. The second kappa shape index (κ2) is 5.49. The number of rotatable bonds is 1. The highest BCUT2D eigenvalue weighted by molar-refractivity contribution is 5.16. The highest BCUT2D eigenvalue weighted by Crippen LogP contribution is 2.67. The van der Waals surface area contributed by atoms with Crippen LogP contribution < -0.4 is 0 Å². The van der Waals surface area contributed by atoms with Gasteiger partial charge in [0.25, 0.3) is 0 Å². The third kappa shape index (κ3) is 2.17. The Labute approximate surface area is 147 Å². The molecule has 4 fully saturated rings. The van der Waals surface area contributed by atoms with Crippen LogP contribution in [0.4, 0.5) is 0 Å². The zero-order chi connectivity index (χ0) is 17.2. The second-order valence-corrected chi connectivity index (χ2v) is 9.88. The maximum Gasteiger partial charge on any atom is 0.125 e. The minimum absolute atomic E-state index is 0.387. The van der Waals surface area contributed by atoms with E-state index in [1.165, 1.54) is 38.5 Å². The topological polar surface area (TPSA) is 29.5 Å². The first-order valence-corrected chi connectivity index (χ1v) is 10.1. The van der Waals surface area contributed by atoms with E-state index < -0.39 is 5.60 Å². The van der Waals surface area contributed by atoms with Crippen LogP contribution in [0.1, 0.15) is 71.6 Å². The lowest BCUT2D eigenvalue weighted by molar-refractivity contribution is -0.146. The van der Waals surface area contributed by atoms with E-state index >= 15 is 0 Å². The van der Waals surface area contributed by atoms with Crippen molar-refractivity contribution < 1.29 is 9.84 Å². The number of methoxy groups -OCH3 is 1. The second-order valence-electron chi connectivity index (χ2n) is 9.88. The van der Waals surface area contributed by atoms with E-state index in [1.807, 2.05) is 7.11 Å². The molecule has 0 aromatic carbocycles. The van der Waals surface area contributed by atoms with Gasteiger partial charge >= 0.3 is 0 Å². The molecule has 0 aromatic heterocycles. The summed E-state index contributed by atoms with van der Waals surface area (Å²) in [7, 11) is 1.91. The van der Waals surface area contributed by atoms with E-state index in [1.54, 1.807) is 0 Å². The van der Waals surface area contributed by atoms with E-state index in [0.29, 0.717) is 22.9 Å². The molecule has 4 rings (SSSR count). The molecule has 24 heavy (non-hydrogen) atoms. The smallest absolute Gasteiger partial charge is 0.125 e. The van der Waals surface area contributed by atoms with Gasteiger partial charge in [0.05, 0.1) is 6.10 Å². The van der Waals surface area contributed by atoms with E-state index in [0.717, 1.165) is 37.0 Å². The molecule has 4 saturated carbocycles. The van der Waals surface area contributed by atoms with E-state index in [-0.39, 0.29) is 0 Å². The van der Waals surface area contributed by atoms with E-state index in [2.05, 4.69) is 19.8 Å². The van der Waals surface area contributed by atoms with Gasteiger partial charge in [-0.15, -0.1) is 6.42 Å². The summed E-state index contributed by atoms with van der Waals surface area (Å²) in [5.41, 5.74) is -0.0550. The van der Waals surface area contributed by atoms with Gasteiger partial charge in [-0.2, -0.15) is 0 Å². The van der Waals surface area contributed by atoms with Crippen molar-refractivity contribution in [2.24, 2.45) is 34.5 Å². The van der Waals surface area contributed by atoms with Crippen molar-refractivity contribution in [3.8, 4) is 12.3 Å². The molecule has 1 N–H and O–H groups in total. The van der Waals surface area contributed by atoms with Gasteiger partial charge in [-0.1, -0.05) is 19.8 Å². The Morgan fingerprint density at radius 1 is 0.958 bits per heavy atom. The molecule has 0 heterocycles. The number of hydrogen-bond acceptors (Lipinski definition) is 2. The Kier molecular flexibility index (Phi) is 3.87. The maximum absolute atomic E-state index is 10.6. The van der Waals surface area contributed by atoms with Crippen LogP contribution in [0.3, 0.4) is 0 Å². The van der Waals surface area contributed by atoms with Gasteiger partial charge in [0.2, 0.25) is 0 Å². The molecule has 0 amide bonds. The first kappa shape index (κ1) is 16.9. The summed E-state index contributed by atoms with van der Waals surface area (Å²) < 4.78 is 5.88. The third-order valence-corrected chi connectivity index (χ3v) is 9.19. The van der Waals surface area contributed by atoms with Crippen LogP contribution in [0.5, 0.6) is 0 Å². The van der Waals surface area contributed by atoms with Gasteiger partial charge in [-0.3, -0.25) is 0 Å². The van der Waals surface area contributed by atoms with E-state index in [9.17, 15) is 5.11 Å². The van der Waals surface area contributed by atoms with Crippen molar-refractivity contribution in [2.45, 2.75) is 83.3 Å². The van der Waals surface area contributed by atoms with Gasteiger partial charge in [0, 0.05) is 7.11 Å². The lowest BCUT2D eigenvalue weighted by Gasteiger charge is -2.61. The van der Waals surface area contributed by atoms with Gasteiger partial charge in [-0.25, -0.2) is 0 Å². The van der Waals surface area contributed by atoms with Crippen LogP contribution in [0.25, 0.3) is 0 Å². The molecule has 0 aromatic rings. The lowest BCUT2D eigenvalue weighted by atomic mass is 9.44.